The Morgan fingerprint density at radius 2 is 2.54 bits per heavy atom. The van der Waals surface area contributed by atoms with E-state index in [0.717, 1.165) is 18.7 Å². The highest BCUT2D eigenvalue weighted by Gasteiger charge is 2.29. The van der Waals surface area contributed by atoms with Crippen LogP contribution in [0.5, 0.6) is 0 Å². The molecule has 70 valence electrons. The van der Waals surface area contributed by atoms with Gasteiger partial charge >= 0.3 is 0 Å². The largest absolute Gasteiger partial charge is 0.349 e. The average molecular weight is 180 g/mol. The molecular formula is C8H12N4O. The lowest BCUT2D eigenvalue weighted by Crippen LogP contribution is -2.25. The predicted molar refractivity (Wildman–Crippen MR) is 45.6 cm³/mol. The molecule has 13 heavy (non-hydrogen) atoms. The summed E-state index contributed by atoms with van der Waals surface area (Å²) in [6.07, 6.45) is 3.55. The summed E-state index contributed by atoms with van der Waals surface area (Å²) in [6.45, 7) is 0.478. The topological polar surface area (TPSA) is 59.8 Å². The van der Waals surface area contributed by atoms with Crippen LogP contribution in [-0.2, 0) is 18.4 Å². The molecule has 5 heteroatoms. The molecule has 1 heterocycles. The van der Waals surface area contributed by atoms with Gasteiger partial charge in [-0.1, -0.05) is 0 Å². The van der Waals surface area contributed by atoms with Crippen molar-refractivity contribution < 1.29 is 4.79 Å². The van der Waals surface area contributed by atoms with Crippen molar-refractivity contribution in [2.75, 3.05) is 0 Å². The molecule has 0 saturated heterocycles. The first-order valence-corrected chi connectivity index (χ1v) is 4.38. The van der Waals surface area contributed by atoms with E-state index in [2.05, 4.69) is 15.4 Å². The SMILES string of the molecule is Cn1ncnc1CNC(=O)C1CC1. The van der Waals surface area contributed by atoms with Gasteiger partial charge in [0.1, 0.15) is 12.2 Å². The molecule has 0 spiro atoms. The van der Waals surface area contributed by atoms with Crippen LogP contribution in [0.4, 0.5) is 0 Å². The molecule has 1 saturated carbocycles. The number of rotatable bonds is 3. The van der Waals surface area contributed by atoms with E-state index in [-0.39, 0.29) is 11.8 Å². The summed E-state index contributed by atoms with van der Waals surface area (Å²) in [5.74, 6) is 1.19. The molecule has 0 radical (unpaired) electrons. The lowest BCUT2D eigenvalue weighted by Gasteiger charge is -2.02. The molecule has 1 amide bonds. The minimum absolute atomic E-state index is 0.142. The predicted octanol–water partition coefficient (Wildman–Crippen LogP) is -0.159. The zero-order chi connectivity index (χ0) is 9.26. The normalized spacial score (nSPS) is 15.8. The van der Waals surface area contributed by atoms with Gasteiger partial charge in [0, 0.05) is 13.0 Å². The summed E-state index contributed by atoms with van der Waals surface area (Å²) < 4.78 is 1.66. The van der Waals surface area contributed by atoms with Crippen molar-refractivity contribution >= 4 is 5.91 Å². The summed E-state index contributed by atoms with van der Waals surface area (Å²) in [6, 6.07) is 0. The number of carbonyl (C=O) groups is 1. The van der Waals surface area contributed by atoms with Gasteiger partial charge in [-0.2, -0.15) is 5.10 Å². The summed E-state index contributed by atoms with van der Waals surface area (Å²) >= 11 is 0. The molecule has 1 aliphatic rings. The molecule has 0 unspecified atom stereocenters. The number of amides is 1. The van der Waals surface area contributed by atoms with Gasteiger partial charge in [0.2, 0.25) is 5.91 Å². The molecule has 1 N–H and O–H groups in total. The third-order valence-corrected chi connectivity index (χ3v) is 2.17. The zero-order valence-electron chi connectivity index (χ0n) is 7.53. The molecular weight excluding hydrogens is 168 g/mol. The van der Waals surface area contributed by atoms with Gasteiger partial charge in [0.05, 0.1) is 6.54 Å². The highest BCUT2D eigenvalue weighted by atomic mass is 16.2. The minimum Gasteiger partial charge on any atom is -0.349 e. The summed E-state index contributed by atoms with van der Waals surface area (Å²) in [5.41, 5.74) is 0. The van der Waals surface area contributed by atoms with Crippen molar-refractivity contribution in [2.45, 2.75) is 19.4 Å². The first-order valence-electron chi connectivity index (χ1n) is 4.38. The quantitative estimate of drug-likeness (QED) is 0.703. The number of hydrogen-bond donors (Lipinski definition) is 1. The Labute approximate surface area is 76.2 Å². The summed E-state index contributed by atoms with van der Waals surface area (Å²) in [7, 11) is 1.81. The van der Waals surface area contributed by atoms with E-state index in [4.69, 9.17) is 0 Å². The maximum Gasteiger partial charge on any atom is 0.223 e. The van der Waals surface area contributed by atoms with E-state index in [1.807, 2.05) is 7.05 Å². The molecule has 1 fully saturated rings. The zero-order valence-corrected chi connectivity index (χ0v) is 7.53. The van der Waals surface area contributed by atoms with Crippen LogP contribution < -0.4 is 5.32 Å². The first-order chi connectivity index (χ1) is 6.27. The number of nitrogens with zero attached hydrogens (tertiary/aromatic N) is 3. The third kappa shape index (κ3) is 1.85. The van der Waals surface area contributed by atoms with Crippen molar-refractivity contribution in [1.82, 2.24) is 20.1 Å². The maximum atomic E-state index is 11.2. The Bertz CT molecular complexity index is 316. The first kappa shape index (κ1) is 8.22. The highest BCUT2D eigenvalue weighted by molar-refractivity contribution is 5.80. The number of aromatic nitrogens is 3. The van der Waals surface area contributed by atoms with Gasteiger partial charge in [-0.3, -0.25) is 9.48 Å². The number of nitrogens with one attached hydrogen (secondary N) is 1. The second kappa shape index (κ2) is 3.16. The Morgan fingerprint density at radius 1 is 1.77 bits per heavy atom. The van der Waals surface area contributed by atoms with Crippen molar-refractivity contribution in [1.29, 1.82) is 0 Å². The van der Waals surface area contributed by atoms with E-state index in [1.165, 1.54) is 6.33 Å². The lowest BCUT2D eigenvalue weighted by molar-refractivity contribution is -0.122. The van der Waals surface area contributed by atoms with Crippen LogP contribution in [0.2, 0.25) is 0 Å². The van der Waals surface area contributed by atoms with Crippen LogP contribution in [0.15, 0.2) is 6.33 Å². The van der Waals surface area contributed by atoms with E-state index >= 15 is 0 Å². The molecule has 2 rings (SSSR count). The highest BCUT2D eigenvalue weighted by Crippen LogP contribution is 2.28. The molecule has 0 aromatic carbocycles. The van der Waals surface area contributed by atoms with Gasteiger partial charge in [-0.15, -0.1) is 0 Å². The van der Waals surface area contributed by atoms with Gasteiger partial charge in [-0.05, 0) is 12.8 Å². The monoisotopic (exact) mass is 180 g/mol. The minimum atomic E-state index is 0.142. The maximum absolute atomic E-state index is 11.2. The Balaban J connectivity index is 1.85. The summed E-state index contributed by atoms with van der Waals surface area (Å²) in [5, 5.41) is 6.73. The standard InChI is InChI=1S/C8H12N4O/c1-12-7(10-5-11-12)4-9-8(13)6-2-3-6/h5-6H,2-4H2,1H3,(H,9,13). The molecule has 0 aliphatic heterocycles. The van der Waals surface area contributed by atoms with Crippen LogP contribution in [0.3, 0.4) is 0 Å². The van der Waals surface area contributed by atoms with Crippen molar-refractivity contribution in [2.24, 2.45) is 13.0 Å². The number of hydrogen-bond acceptors (Lipinski definition) is 3. The fraction of sp³-hybridized carbons (Fsp3) is 0.625. The average Bonchev–Trinajstić information content (AvgIpc) is 2.88. The molecule has 0 atom stereocenters. The van der Waals surface area contributed by atoms with Crippen LogP contribution in [0.25, 0.3) is 0 Å². The Kier molecular flexibility index (Phi) is 2.00. The van der Waals surface area contributed by atoms with Crippen LogP contribution >= 0.6 is 0 Å². The third-order valence-electron chi connectivity index (χ3n) is 2.17. The van der Waals surface area contributed by atoms with Gasteiger partial charge in [-0.25, -0.2) is 4.98 Å². The van der Waals surface area contributed by atoms with Crippen LogP contribution in [-0.4, -0.2) is 20.7 Å². The van der Waals surface area contributed by atoms with Crippen LogP contribution in [0.1, 0.15) is 18.7 Å². The van der Waals surface area contributed by atoms with Crippen molar-refractivity contribution in [3.63, 3.8) is 0 Å². The van der Waals surface area contributed by atoms with Crippen LogP contribution in [0, 0.1) is 5.92 Å². The fourth-order valence-electron chi connectivity index (χ4n) is 1.14. The van der Waals surface area contributed by atoms with Gasteiger partial charge in [0.15, 0.2) is 0 Å². The lowest BCUT2D eigenvalue weighted by atomic mass is 10.4. The molecule has 5 nitrogen and oxygen atoms in total. The van der Waals surface area contributed by atoms with Gasteiger partial charge < -0.3 is 5.32 Å². The van der Waals surface area contributed by atoms with E-state index in [0.29, 0.717) is 6.54 Å². The van der Waals surface area contributed by atoms with Crippen molar-refractivity contribution in [3.8, 4) is 0 Å². The molecule has 1 aromatic heterocycles. The molecule has 1 aliphatic carbocycles. The Morgan fingerprint density at radius 3 is 3.08 bits per heavy atom. The van der Waals surface area contributed by atoms with Crippen molar-refractivity contribution in [3.05, 3.63) is 12.2 Å². The van der Waals surface area contributed by atoms with Gasteiger partial charge in [0.25, 0.3) is 0 Å². The molecule has 0 bridgehead atoms. The van der Waals surface area contributed by atoms with E-state index < -0.39 is 0 Å². The Hall–Kier alpha value is -1.39. The van der Waals surface area contributed by atoms with E-state index in [9.17, 15) is 4.79 Å². The number of carbonyl (C=O) groups excluding carboxylic acids is 1. The van der Waals surface area contributed by atoms with E-state index in [1.54, 1.807) is 4.68 Å². The second-order valence-electron chi connectivity index (χ2n) is 3.29. The number of aryl methyl sites for hydroxylation is 1. The smallest absolute Gasteiger partial charge is 0.223 e. The second-order valence-corrected chi connectivity index (χ2v) is 3.29. The summed E-state index contributed by atoms with van der Waals surface area (Å²) in [4.78, 5) is 15.2. The fourth-order valence-corrected chi connectivity index (χ4v) is 1.14. The molecule has 1 aromatic rings.